The van der Waals surface area contributed by atoms with Gasteiger partial charge in [0.25, 0.3) is 5.91 Å². The van der Waals surface area contributed by atoms with Gasteiger partial charge in [0.05, 0.1) is 11.6 Å². The number of amides is 2. The Morgan fingerprint density at radius 2 is 1.70 bits per heavy atom. The fourth-order valence-electron chi connectivity index (χ4n) is 7.94. The Labute approximate surface area is 271 Å². The maximum absolute atomic E-state index is 13.9. The van der Waals surface area contributed by atoms with Crippen LogP contribution in [-0.2, 0) is 11.2 Å². The average Bonchev–Trinajstić information content (AvgIpc) is 3.87. The van der Waals surface area contributed by atoms with Gasteiger partial charge in [-0.3, -0.25) is 19.4 Å². The van der Waals surface area contributed by atoms with E-state index in [0.29, 0.717) is 11.1 Å². The van der Waals surface area contributed by atoms with E-state index in [1.165, 1.54) is 12.0 Å². The van der Waals surface area contributed by atoms with Gasteiger partial charge >= 0.3 is 0 Å². The van der Waals surface area contributed by atoms with Crippen LogP contribution in [0.2, 0.25) is 0 Å². The molecule has 1 N–H and O–H groups in total. The minimum Gasteiger partial charge on any atom is -0.451 e. The number of anilines is 1. The maximum atomic E-state index is 13.9. The lowest BCUT2D eigenvalue weighted by molar-refractivity contribution is -0.135. The highest BCUT2D eigenvalue weighted by Crippen LogP contribution is 2.33. The minimum atomic E-state index is -0.258. The molecule has 2 aromatic heterocycles. The molecule has 1 saturated heterocycles. The molecule has 2 saturated carbocycles. The van der Waals surface area contributed by atoms with E-state index in [4.69, 9.17) is 4.42 Å². The molecule has 0 unspecified atom stereocenters. The number of rotatable bonds is 9. The summed E-state index contributed by atoms with van der Waals surface area (Å²) in [6.45, 7) is 5.04. The number of H-pyrrole nitrogens is 1. The molecule has 3 aliphatic rings. The van der Waals surface area contributed by atoms with Crippen LogP contribution in [0.15, 0.2) is 53.1 Å². The van der Waals surface area contributed by atoms with Gasteiger partial charge in [0.2, 0.25) is 5.91 Å². The van der Waals surface area contributed by atoms with Crippen molar-refractivity contribution < 1.29 is 14.0 Å². The number of piperazine rings is 1. The van der Waals surface area contributed by atoms with Crippen LogP contribution in [0.5, 0.6) is 0 Å². The Bertz CT molecular complexity index is 1730. The van der Waals surface area contributed by atoms with Gasteiger partial charge in [-0.25, -0.2) is 0 Å². The molecule has 8 heteroatoms. The van der Waals surface area contributed by atoms with E-state index in [1.54, 1.807) is 4.90 Å². The van der Waals surface area contributed by atoms with Crippen molar-refractivity contribution >= 4 is 39.4 Å². The summed E-state index contributed by atoms with van der Waals surface area (Å²) >= 11 is 0. The SMILES string of the molecule is N#Cc1ccc2[nH]cc(CCCCN3CCN(c4ccc5oc(C(=O)N(C(=O)C6CCCC6)C6CCCCC6)cc5c4)CC3)c2c1. The second-order valence-corrected chi connectivity index (χ2v) is 13.6. The third kappa shape index (κ3) is 6.43. The maximum Gasteiger partial charge on any atom is 0.296 e. The monoisotopic (exact) mass is 619 g/mol. The lowest BCUT2D eigenvalue weighted by Gasteiger charge is -2.36. The van der Waals surface area contributed by atoms with E-state index in [-0.39, 0.29) is 29.5 Å². The average molecular weight is 620 g/mol. The Balaban J connectivity index is 0.944. The van der Waals surface area contributed by atoms with Crippen LogP contribution < -0.4 is 4.90 Å². The third-order valence-corrected chi connectivity index (χ3v) is 10.6. The smallest absolute Gasteiger partial charge is 0.296 e. The number of fused-ring (bicyclic) bond motifs is 2. The van der Waals surface area contributed by atoms with Crippen molar-refractivity contribution in [3.8, 4) is 6.07 Å². The van der Waals surface area contributed by atoms with E-state index in [9.17, 15) is 14.9 Å². The quantitative estimate of drug-likeness (QED) is 0.155. The number of hydrogen-bond acceptors (Lipinski definition) is 6. The topological polar surface area (TPSA) is 96.6 Å². The number of nitriles is 1. The van der Waals surface area contributed by atoms with Crippen molar-refractivity contribution in [1.29, 1.82) is 5.26 Å². The van der Waals surface area contributed by atoms with Crippen molar-refractivity contribution in [1.82, 2.24) is 14.8 Å². The highest BCUT2D eigenvalue weighted by Gasteiger charge is 2.37. The van der Waals surface area contributed by atoms with Crippen molar-refractivity contribution in [2.24, 2.45) is 5.92 Å². The number of nitrogens with zero attached hydrogens (tertiary/aromatic N) is 4. The molecule has 46 heavy (non-hydrogen) atoms. The predicted octanol–water partition coefficient (Wildman–Crippen LogP) is 7.42. The molecule has 3 heterocycles. The predicted molar refractivity (Wildman–Crippen MR) is 181 cm³/mol. The Hall–Kier alpha value is -4.09. The normalized spacial score (nSPS) is 18.4. The van der Waals surface area contributed by atoms with Crippen LogP contribution in [0, 0.1) is 17.2 Å². The fourth-order valence-corrected chi connectivity index (χ4v) is 7.94. The molecule has 3 fully saturated rings. The molecule has 0 radical (unpaired) electrons. The van der Waals surface area contributed by atoms with Gasteiger partial charge in [-0.05, 0) is 99.5 Å². The van der Waals surface area contributed by atoms with Crippen LogP contribution >= 0.6 is 0 Å². The van der Waals surface area contributed by atoms with Gasteiger partial charge in [-0.2, -0.15) is 5.26 Å². The molecule has 2 aliphatic carbocycles. The molecular formula is C38H45N5O3. The molecule has 8 nitrogen and oxygen atoms in total. The Morgan fingerprint density at radius 1 is 0.913 bits per heavy atom. The first kappa shape index (κ1) is 30.6. The van der Waals surface area contributed by atoms with Gasteiger partial charge in [-0.15, -0.1) is 0 Å². The first-order chi connectivity index (χ1) is 22.6. The first-order valence-electron chi connectivity index (χ1n) is 17.5. The largest absolute Gasteiger partial charge is 0.451 e. The highest BCUT2D eigenvalue weighted by atomic mass is 16.3. The number of aryl methyl sites for hydroxylation is 1. The minimum absolute atomic E-state index is 0.0134. The molecular weight excluding hydrogens is 574 g/mol. The summed E-state index contributed by atoms with van der Waals surface area (Å²) in [6, 6.07) is 16.1. The lowest BCUT2D eigenvalue weighted by Crippen LogP contribution is -2.47. The number of carbonyl (C=O) groups excluding carboxylic acids is 2. The fraction of sp³-hybridized carbons (Fsp3) is 0.500. The molecule has 0 spiro atoms. The second kappa shape index (κ2) is 13.7. The number of unbranched alkanes of at least 4 members (excludes halogenated alkanes) is 1. The summed E-state index contributed by atoms with van der Waals surface area (Å²) in [6.07, 6.45) is 14.4. The van der Waals surface area contributed by atoms with E-state index >= 15 is 0 Å². The number of aromatic amines is 1. The molecule has 0 bridgehead atoms. The first-order valence-corrected chi connectivity index (χ1v) is 17.5. The number of hydrogen-bond donors (Lipinski definition) is 1. The van der Waals surface area contributed by atoms with E-state index < -0.39 is 0 Å². The van der Waals surface area contributed by atoms with Crippen molar-refractivity contribution in [3.05, 3.63) is 65.5 Å². The van der Waals surface area contributed by atoms with Gasteiger partial charge in [0.1, 0.15) is 5.58 Å². The van der Waals surface area contributed by atoms with E-state index in [2.05, 4.69) is 39.2 Å². The Kier molecular flexibility index (Phi) is 9.12. The summed E-state index contributed by atoms with van der Waals surface area (Å²) < 4.78 is 6.10. The van der Waals surface area contributed by atoms with E-state index in [0.717, 1.165) is 125 Å². The molecule has 7 rings (SSSR count). The van der Waals surface area contributed by atoms with Crippen LogP contribution in [0.3, 0.4) is 0 Å². The summed E-state index contributed by atoms with van der Waals surface area (Å²) in [5, 5.41) is 11.3. The zero-order valence-corrected chi connectivity index (χ0v) is 26.8. The number of aromatic nitrogens is 1. The zero-order chi connectivity index (χ0) is 31.5. The van der Waals surface area contributed by atoms with Crippen LogP contribution in [0.25, 0.3) is 21.9 Å². The van der Waals surface area contributed by atoms with Crippen molar-refractivity contribution in [2.45, 2.75) is 83.1 Å². The van der Waals surface area contributed by atoms with Crippen molar-refractivity contribution in [3.63, 3.8) is 0 Å². The molecule has 1 aliphatic heterocycles. The number of carbonyl (C=O) groups is 2. The van der Waals surface area contributed by atoms with Gasteiger partial charge in [0.15, 0.2) is 5.76 Å². The standard InChI is InChI=1S/C38H45N5O3/c39-25-27-13-15-34-33(22-27)29(26-40-34)10-6-7-17-41-18-20-42(21-19-41)32-14-16-35-30(23-32)24-36(46-35)38(45)43(31-11-2-1-3-12-31)37(44)28-8-4-5-9-28/h13-16,22-24,26,28,31,40H,1-12,17-21H2. The molecule has 2 aromatic carbocycles. The second-order valence-electron chi connectivity index (χ2n) is 13.6. The van der Waals surface area contributed by atoms with E-state index in [1.807, 2.05) is 30.3 Å². The zero-order valence-electron chi connectivity index (χ0n) is 26.8. The highest BCUT2D eigenvalue weighted by molar-refractivity contribution is 6.06. The third-order valence-electron chi connectivity index (χ3n) is 10.6. The van der Waals surface area contributed by atoms with Crippen molar-refractivity contribution in [2.75, 3.05) is 37.6 Å². The molecule has 240 valence electrons. The van der Waals surface area contributed by atoms with Crippen LogP contribution in [-0.4, -0.2) is 65.4 Å². The number of nitrogens with one attached hydrogen (secondary N) is 1. The summed E-state index contributed by atoms with van der Waals surface area (Å²) in [4.78, 5) is 37.4. The number of furan rings is 1. The molecule has 0 atom stereocenters. The summed E-state index contributed by atoms with van der Waals surface area (Å²) in [7, 11) is 0. The van der Waals surface area contributed by atoms with Gasteiger partial charge in [-0.1, -0.05) is 32.1 Å². The lowest BCUT2D eigenvalue weighted by atomic mass is 9.92. The summed E-state index contributed by atoms with van der Waals surface area (Å²) in [5.41, 5.74) is 4.94. The van der Waals surface area contributed by atoms with Crippen LogP contribution in [0.4, 0.5) is 5.69 Å². The van der Waals surface area contributed by atoms with Gasteiger partial charge < -0.3 is 14.3 Å². The molecule has 4 aromatic rings. The van der Waals surface area contributed by atoms with Crippen LogP contribution in [0.1, 0.15) is 92.3 Å². The molecule has 2 amide bonds. The van der Waals surface area contributed by atoms with Gasteiger partial charge in [0, 0.05) is 66.3 Å². The number of benzene rings is 2. The summed E-state index contributed by atoms with van der Waals surface area (Å²) in [5.74, 6) is 0.0121. The Morgan fingerprint density at radius 3 is 2.48 bits per heavy atom. The number of imide groups is 1.